The SMILES string of the molecule is COCC(C)C(CN)N1CC(C)CCC1C. The van der Waals surface area contributed by atoms with Crippen LogP contribution in [-0.2, 0) is 4.74 Å². The fourth-order valence-corrected chi connectivity index (χ4v) is 2.85. The number of rotatable bonds is 5. The van der Waals surface area contributed by atoms with Crippen molar-refractivity contribution in [3.63, 3.8) is 0 Å². The highest BCUT2D eigenvalue weighted by Crippen LogP contribution is 2.25. The van der Waals surface area contributed by atoms with Crippen LogP contribution in [0.15, 0.2) is 0 Å². The van der Waals surface area contributed by atoms with Crippen molar-refractivity contribution in [2.45, 2.75) is 45.7 Å². The molecule has 1 rings (SSSR count). The second kappa shape index (κ2) is 6.58. The monoisotopic (exact) mass is 228 g/mol. The lowest BCUT2D eigenvalue weighted by Gasteiger charge is -2.44. The van der Waals surface area contributed by atoms with E-state index in [2.05, 4.69) is 25.7 Å². The zero-order valence-electron chi connectivity index (χ0n) is 11.3. The van der Waals surface area contributed by atoms with Gasteiger partial charge in [-0.3, -0.25) is 4.90 Å². The third-order valence-electron chi connectivity index (χ3n) is 3.92. The van der Waals surface area contributed by atoms with Gasteiger partial charge in [-0.2, -0.15) is 0 Å². The molecule has 0 radical (unpaired) electrons. The van der Waals surface area contributed by atoms with Crippen LogP contribution < -0.4 is 5.73 Å². The number of nitrogens with two attached hydrogens (primary N) is 1. The summed E-state index contributed by atoms with van der Waals surface area (Å²) in [5.41, 5.74) is 5.95. The van der Waals surface area contributed by atoms with Crippen molar-refractivity contribution in [2.75, 3.05) is 26.8 Å². The third-order valence-corrected chi connectivity index (χ3v) is 3.92. The van der Waals surface area contributed by atoms with E-state index >= 15 is 0 Å². The normalized spacial score (nSPS) is 31.3. The molecule has 0 aromatic heterocycles. The fourth-order valence-electron chi connectivity index (χ4n) is 2.85. The molecule has 2 N–H and O–H groups in total. The summed E-state index contributed by atoms with van der Waals surface area (Å²) in [7, 11) is 1.77. The van der Waals surface area contributed by atoms with E-state index in [1.54, 1.807) is 7.11 Å². The van der Waals surface area contributed by atoms with Gasteiger partial charge in [0.25, 0.3) is 0 Å². The maximum Gasteiger partial charge on any atom is 0.0503 e. The molecule has 3 nitrogen and oxygen atoms in total. The lowest BCUT2D eigenvalue weighted by Crippen LogP contribution is -2.53. The van der Waals surface area contributed by atoms with E-state index < -0.39 is 0 Å². The van der Waals surface area contributed by atoms with Crippen LogP contribution in [-0.4, -0.2) is 43.8 Å². The van der Waals surface area contributed by atoms with Gasteiger partial charge in [0, 0.05) is 32.3 Å². The lowest BCUT2D eigenvalue weighted by molar-refractivity contribution is 0.0295. The average molecular weight is 228 g/mol. The number of hydrogen-bond donors (Lipinski definition) is 1. The molecular weight excluding hydrogens is 200 g/mol. The van der Waals surface area contributed by atoms with Gasteiger partial charge in [-0.15, -0.1) is 0 Å². The van der Waals surface area contributed by atoms with Crippen molar-refractivity contribution in [2.24, 2.45) is 17.6 Å². The Kier molecular flexibility index (Phi) is 5.73. The molecule has 3 heteroatoms. The quantitative estimate of drug-likeness (QED) is 0.778. The smallest absolute Gasteiger partial charge is 0.0503 e. The summed E-state index contributed by atoms with van der Waals surface area (Å²) in [5, 5.41) is 0. The molecule has 1 aliphatic rings. The van der Waals surface area contributed by atoms with E-state index in [0.717, 1.165) is 19.1 Å². The molecule has 0 aromatic rings. The zero-order chi connectivity index (χ0) is 12.1. The molecule has 1 saturated heterocycles. The van der Waals surface area contributed by atoms with E-state index in [9.17, 15) is 0 Å². The van der Waals surface area contributed by atoms with Gasteiger partial charge < -0.3 is 10.5 Å². The molecule has 0 amide bonds. The Balaban J connectivity index is 2.62. The van der Waals surface area contributed by atoms with Crippen molar-refractivity contribution in [1.82, 2.24) is 4.90 Å². The molecule has 16 heavy (non-hydrogen) atoms. The minimum absolute atomic E-state index is 0.470. The molecule has 0 bridgehead atoms. The van der Waals surface area contributed by atoms with Crippen molar-refractivity contribution in [1.29, 1.82) is 0 Å². The Morgan fingerprint density at radius 1 is 1.38 bits per heavy atom. The molecule has 0 aromatic carbocycles. The molecule has 4 unspecified atom stereocenters. The Hall–Kier alpha value is -0.120. The Morgan fingerprint density at radius 3 is 2.62 bits per heavy atom. The Labute approximate surface area is 100 Å². The lowest BCUT2D eigenvalue weighted by atomic mass is 9.90. The van der Waals surface area contributed by atoms with Gasteiger partial charge in [0.1, 0.15) is 0 Å². The van der Waals surface area contributed by atoms with Crippen molar-refractivity contribution in [3.05, 3.63) is 0 Å². The second-order valence-electron chi connectivity index (χ2n) is 5.46. The molecule has 0 spiro atoms. The van der Waals surface area contributed by atoms with Crippen LogP contribution in [0.25, 0.3) is 0 Å². The number of ether oxygens (including phenoxy) is 1. The van der Waals surface area contributed by atoms with Crippen LogP contribution >= 0.6 is 0 Å². The summed E-state index contributed by atoms with van der Waals surface area (Å²) in [6.07, 6.45) is 2.66. The first-order valence-electron chi connectivity index (χ1n) is 6.54. The first-order chi connectivity index (χ1) is 7.60. The molecule has 4 atom stereocenters. The molecule has 1 aliphatic heterocycles. The maximum atomic E-state index is 5.95. The van der Waals surface area contributed by atoms with E-state index in [1.165, 1.54) is 19.4 Å². The zero-order valence-corrected chi connectivity index (χ0v) is 11.3. The Morgan fingerprint density at radius 2 is 2.06 bits per heavy atom. The summed E-state index contributed by atoms with van der Waals surface area (Å²) < 4.78 is 5.26. The molecule has 0 saturated carbocycles. The van der Waals surface area contributed by atoms with E-state index in [-0.39, 0.29) is 0 Å². The van der Waals surface area contributed by atoms with Gasteiger partial charge in [-0.1, -0.05) is 13.8 Å². The highest BCUT2D eigenvalue weighted by atomic mass is 16.5. The van der Waals surface area contributed by atoms with Crippen molar-refractivity contribution >= 4 is 0 Å². The van der Waals surface area contributed by atoms with E-state index in [1.807, 2.05) is 0 Å². The predicted molar refractivity (Wildman–Crippen MR) is 68.4 cm³/mol. The largest absolute Gasteiger partial charge is 0.384 e. The first-order valence-corrected chi connectivity index (χ1v) is 6.54. The fraction of sp³-hybridized carbons (Fsp3) is 1.00. The maximum absolute atomic E-state index is 5.95. The van der Waals surface area contributed by atoms with Crippen LogP contribution in [0.4, 0.5) is 0 Å². The van der Waals surface area contributed by atoms with E-state index in [4.69, 9.17) is 10.5 Å². The molecule has 1 heterocycles. The predicted octanol–water partition coefficient (Wildman–Crippen LogP) is 1.72. The van der Waals surface area contributed by atoms with Gasteiger partial charge in [-0.25, -0.2) is 0 Å². The summed E-state index contributed by atoms with van der Waals surface area (Å²) in [5.74, 6) is 1.32. The molecular formula is C13H28N2O. The van der Waals surface area contributed by atoms with Crippen LogP contribution in [0.3, 0.4) is 0 Å². The topological polar surface area (TPSA) is 38.5 Å². The summed E-state index contributed by atoms with van der Waals surface area (Å²) in [6.45, 7) is 9.65. The molecule has 1 fully saturated rings. The third kappa shape index (κ3) is 3.44. The highest BCUT2D eigenvalue weighted by Gasteiger charge is 2.31. The van der Waals surface area contributed by atoms with Gasteiger partial charge in [0.15, 0.2) is 0 Å². The summed E-state index contributed by atoms with van der Waals surface area (Å²) in [4.78, 5) is 2.60. The molecule has 0 aliphatic carbocycles. The van der Waals surface area contributed by atoms with Gasteiger partial charge in [0.05, 0.1) is 6.61 Å². The minimum atomic E-state index is 0.470. The highest BCUT2D eigenvalue weighted by molar-refractivity contribution is 4.86. The van der Waals surface area contributed by atoms with Gasteiger partial charge in [-0.05, 0) is 31.6 Å². The van der Waals surface area contributed by atoms with Crippen LogP contribution in [0.5, 0.6) is 0 Å². The van der Waals surface area contributed by atoms with Crippen LogP contribution in [0.1, 0.15) is 33.6 Å². The summed E-state index contributed by atoms with van der Waals surface area (Å²) in [6, 6.07) is 1.14. The number of piperidine rings is 1. The van der Waals surface area contributed by atoms with Gasteiger partial charge >= 0.3 is 0 Å². The second-order valence-corrected chi connectivity index (χ2v) is 5.46. The number of hydrogen-bond acceptors (Lipinski definition) is 3. The average Bonchev–Trinajstić information content (AvgIpc) is 2.24. The van der Waals surface area contributed by atoms with E-state index in [0.29, 0.717) is 18.0 Å². The summed E-state index contributed by atoms with van der Waals surface area (Å²) >= 11 is 0. The van der Waals surface area contributed by atoms with Crippen LogP contribution in [0.2, 0.25) is 0 Å². The number of methoxy groups -OCH3 is 1. The minimum Gasteiger partial charge on any atom is -0.384 e. The standard InChI is InChI=1S/C13H28N2O/c1-10-5-6-12(3)15(8-10)13(7-14)11(2)9-16-4/h10-13H,5-9,14H2,1-4H3. The van der Waals surface area contributed by atoms with Crippen LogP contribution in [0, 0.1) is 11.8 Å². The van der Waals surface area contributed by atoms with Gasteiger partial charge in [0.2, 0.25) is 0 Å². The molecule has 96 valence electrons. The number of nitrogens with zero attached hydrogens (tertiary/aromatic N) is 1. The van der Waals surface area contributed by atoms with Crippen molar-refractivity contribution in [3.8, 4) is 0 Å². The number of likely N-dealkylation sites (tertiary alicyclic amines) is 1. The first kappa shape index (κ1) is 13.9. The Bertz CT molecular complexity index is 198. The van der Waals surface area contributed by atoms with Crippen molar-refractivity contribution < 1.29 is 4.74 Å².